The number of nitriles is 1. The van der Waals surface area contributed by atoms with Crippen molar-refractivity contribution in [3.8, 4) is 16.5 Å². The van der Waals surface area contributed by atoms with E-state index in [9.17, 15) is 10.1 Å². The number of fused-ring (bicyclic) bond motifs is 3. The second-order valence-electron chi connectivity index (χ2n) is 6.93. The quantitative estimate of drug-likeness (QED) is 0.921. The number of thiophene rings is 1. The first-order valence-electron chi connectivity index (χ1n) is 8.81. The highest BCUT2D eigenvalue weighted by molar-refractivity contribution is 7.17. The SMILES string of the molecule is C[C@H]1[C@H](NC(=O)c2ccc(-c3ccccc3C#N)s2)C2CCN1CC2. The molecule has 1 N–H and O–H groups in total. The summed E-state index contributed by atoms with van der Waals surface area (Å²) in [5.41, 5.74) is 1.53. The smallest absolute Gasteiger partial charge is 0.261 e. The Hall–Kier alpha value is -2.16. The van der Waals surface area contributed by atoms with Gasteiger partial charge in [0.2, 0.25) is 0 Å². The summed E-state index contributed by atoms with van der Waals surface area (Å²) >= 11 is 1.46. The lowest BCUT2D eigenvalue weighted by molar-refractivity contribution is 0.0218. The van der Waals surface area contributed by atoms with Crippen LogP contribution in [0.5, 0.6) is 0 Å². The van der Waals surface area contributed by atoms with Gasteiger partial charge < -0.3 is 5.32 Å². The van der Waals surface area contributed by atoms with E-state index < -0.39 is 0 Å². The van der Waals surface area contributed by atoms with Crippen LogP contribution in [-0.4, -0.2) is 36.0 Å². The van der Waals surface area contributed by atoms with Crippen LogP contribution in [0.4, 0.5) is 0 Å². The molecule has 0 spiro atoms. The topological polar surface area (TPSA) is 56.1 Å². The van der Waals surface area contributed by atoms with Gasteiger partial charge in [0.1, 0.15) is 0 Å². The molecular weight excluding hydrogens is 330 g/mol. The first-order chi connectivity index (χ1) is 12.2. The summed E-state index contributed by atoms with van der Waals surface area (Å²) in [7, 11) is 0. The third kappa shape index (κ3) is 2.97. The number of hydrogen-bond acceptors (Lipinski definition) is 4. The van der Waals surface area contributed by atoms with Crippen LogP contribution < -0.4 is 5.32 Å². The van der Waals surface area contributed by atoms with E-state index in [4.69, 9.17) is 0 Å². The summed E-state index contributed by atoms with van der Waals surface area (Å²) in [5, 5.41) is 12.5. The molecule has 0 unspecified atom stereocenters. The minimum atomic E-state index is 0.0105. The van der Waals surface area contributed by atoms with Crippen LogP contribution in [0.1, 0.15) is 35.0 Å². The zero-order valence-corrected chi connectivity index (χ0v) is 15.1. The van der Waals surface area contributed by atoms with Gasteiger partial charge in [0, 0.05) is 22.5 Å². The van der Waals surface area contributed by atoms with Gasteiger partial charge in [-0.05, 0) is 57.0 Å². The maximum absolute atomic E-state index is 12.7. The third-order valence-electron chi connectivity index (χ3n) is 5.62. The van der Waals surface area contributed by atoms with Crippen LogP contribution in [0, 0.1) is 17.2 Å². The van der Waals surface area contributed by atoms with Crippen molar-refractivity contribution < 1.29 is 4.79 Å². The molecule has 4 heterocycles. The number of nitrogens with one attached hydrogen (secondary N) is 1. The predicted octanol–water partition coefficient (Wildman–Crippen LogP) is 3.50. The molecule has 0 radical (unpaired) electrons. The van der Waals surface area contributed by atoms with Crippen LogP contribution >= 0.6 is 11.3 Å². The molecule has 3 aliphatic rings. The normalized spacial score (nSPS) is 27.7. The van der Waals surface area contributed by atoms with Crippen LogP contribution in [-0.2, 0) is 0 Å². The molecule has 1 amide bonds. The Morgan fingerprint density at radius 1 is 1.24 bits per heavy atom. The Morgan fingerprint density at radius 3 is 2.72 bits per heavy atom. The third-order valence-corrected chi connectivity index (χ3v) is 6.74. The number of piperidine rings is 3. The van der Waals surface area contributed by atoms with Gasteiger partial charge in [-0.15, -0.1) is 11.3 Å². The Labute approximate surface area is 152 Å². The monoisotopic (exact) mass is 351 g/mol. The second kappa shape index (κ2) is 6.62. The summed E-state index contributed by atoms with van der Waals surface area (Å²) in [6.07, 6.45) is 2.36. The maximum atomic E-state index is 12.7. The molecule has 1 aromatic heterocycles. The van der Waals surface area contributed by atoms with E-state index in [0.717, 1.165) is 23.5 Å². The number of rotatable bonds is 3. The van der Waals surface area contributed by atoms with Crippen molar-refractivity contribution in [1.82, 2.24) is 10.2 Å². The maximum Gasteiger partial charge on any atom is 0.261 e. The molecule has 3 aliphatic heterocycles. The lowest BCUT2D eigenvalue weighted by Gasteiger charge is -2.49. The van der Waals surface area contributed by atoms with E-state index in [1.807, 2.05) is 36.4 Å². The molecule has 3 fully saturated rings. The number of carbonyl (C=O) groups excluding carboxylic acids is 1. The number of benzene rings is 1. The van der Waals surface area contributed by atoms with Crippen molar-refractivity contribution >= 4 is 17.2 Å². The fraction of sp³-hybridized carbons (Fsp3) is 0.400. The molecule has 2 atom stereocenters. The van der Waals surface area contributed by atoms with E-state index >= 15 is 0 Å². The number of amides is 1. The molecule has 5 rings (SSSR count). The molecule has 128 valence electrons. The standard InChI is InChI=1S/C20H21N3OS/c1-13-19(14-8-10-23(13)11-9-14)22-20(24)18-7-6-17(25-18)16-5-3-2-4-15(16)12-21/h2-7,13-14,19H,8-11H2,1H3,(H,22,24)/t13-,19-/m0/s1. The predicted molar refractivity (Wildman–Crippen MR) is 99.5 cm³/mol. The van der Waals surface area contributed by atoms with Crippen molar-refractivity contribution in [3.05, 3.63) is 46.8 Å². The Balaban J connectivity index is 1.52. The lowest BCUT2D eigenvalue weighted by atomic mass is 9.79. The Kier molecular flexibility index (Phi) is 4.32. The molecule has 4 nitrogen and oxygen atoms in total. The molecule has 25 heavy (non-hydrogen) atoms. The summed E-state index contributed by atoms with van der Waals surface area (Å²) < 4.78 is 0. The van der Waals surface area contributed by atoms with Gasteiger partial charge in [-0.2, -0.15) is 5.26 Å². The molecule has 2 aromatic rings. The van der Waals surface area contributed by atoms with Crippen molar-refractivity contribution in [2.24, 2.45) is 5.92 Å². The van der Waals surface area contributed by atoms with E-state index in [1.165, 1.54) is 24.2 Å². The van der Waals surface area contributed by atoms with Gasteiger partial charge in [0.25, 0.3) is 5.91 Å². The van der Waals surface area contributed by atoms with Gasteiger partial charge in [-0.3, -0.25) is 9.69 Å². The summed E-state index contributed by atoms with van der Waals surface area (Å²) in [5.74, 6) is 0.610. The first kappa shape index (κ1) is 16.3. The molecule has 0 aliphatic carbocycles. The van der Waals surface area contributed by atoms with Crippen molar-refractivity contribution in [2.75, 3.05) is 13.1 Å². The van der Waals surface area contributed by atoms with Crippen LogP contribution in [0.25, 0.3) is 10.4 Å². The molecule has 0 saturated carbocycles. The van der Waals surface area contributed by atoms with E-state index in [-0.39, 0.29) is 11.9 Å². The summed E-state index contributed by atoms with van der Waals surface area (Å²) in [6, 6.07) is 14.2. The highest BCUT2D eigenvalue weighted by Crippen LogP contribution is 2.34. The molecule has 3 saturated heterocycles. The minimum Gasteiger partial charge on any atom is -0.347 e. The van der Waals surface area contributed by atoms with Gasteiger partial charge in [-0.1, -0.05) is 18.2 Å². The van der Waals surface area contributed by atoms with Crippen LogP contribution in [0.2, 0.25) is 0 Å². The van der Waals surface area contributed by atoms with Crippen LogP contribution in [0.3, 0.4) is 0 Å². The van der Waals surface area contributed by atoms with Crippen molar-refractivity contribution in [3.63, 3.8) is 0 Å². The minimum absolute atomic E-state index is 0.0105. The van der Waals surface area contributed by atoms with Gasteiger partial charge in [-0.25, -0.2) is 0 Å². The highest BCUT2D eigenvalue weighted by atomic mass is 32.1. The summed E-state index contributed by atoms with van der Waals surface area (Å²) in [6.45, 7) is 4.54. The fourth-order valence-electron chi connectivity index (χ4n) is 4.17. The number of hydrogen-bond donors (Lipinski definition) is 1. The molecule has 2 bridgehead atoms. The van der Waals surface area contributed by atoms with Gasteiger partial charge in [0.05, 0.1) is 16.5 Å². The summed E-state index contributed by atoms with van der Waals surface area (Å²) in [4.78, 5) is 16.9. The van der Waals surface area contributed by atoms with Gasteiger partial charge >= 0.3 is 0 Å². The lowest BCUT2D eigenvalue weighted by Crippen LogP contribution is -2.62. The fourth-order valence-corrected chi connectivity index (χ4v) is 5.12. The average Bonchev–Trinajstić information content (AvgIpc) is 3.15. The van der Waals surface area contributed by atoms with Crippen molar-refractivity contribution in [1.29, 1.82) is 5.26 Å². The Morgan fingerprint density at radius 2 is 2.00 bits per heavy atom. The number of nitrogens with zero attached hydrogens (tertiary/aromatic N) is 2. The molecule has 5 heteroatoms. The van der Waals surface area contributed by atoms with E-state index in [2.05, 4.69) is 23.2 Å². The molecule has 1 aromatic carbocycles. The largest absolute Gasteiger partial charge is 0.347 e. The van der Waals surface area contributed by atoms with Crippen LogP contribution in [0.15, 0.2) is 36.4 Å². The second-order valence-corrected chi connectivity index (χ2v) is 8.02. The van der Waals surface area contributed by atoms with E-state index in [0.29, 0.717) is 22.4 Å². The Bertz CT molecular complexity index is 827. The first-order valence-corrected chi connectivity index (χ1v) is 9.63. The zero-order chi connectivity index (χ0) is 17.4. The highest BCUT2D eigenvalue weighted by Gasteiger charge is 2.40. The van der Waals surface area contributed by atoms with Gasteiger partial charge in [0.15, 0.2) is 0 Å². The average molecular weight is 351 g/mol. The zero-order valence-electron chi connectivity index (χ0n) is 14.2. The number of carbonyl (C=O) groups is 1. The van der Waals surface area contributed by atoms with Crippen molar-refractivity contribution in [2.45, 2.75) is 31.8 Å². The molecular formula is C20H21N3OS. The van der Waals surface area contributed by atoms with E-state index in [1.54, 1.807) is 0 Å².